The van der Waals surface area contributed by atoms with Crippen LogP contribution in [0.3, 0.4) is 0 Å². The second-order valence-corrected chi connectivity index (χ2v) is 6.06. The number of hydrogen-bond acceptors (Lipinski definition) is 4. The average molecular weight is 333 g/mol. The molecule has 1 aliphatic heterocycles. The Kier molecular flexibility index (Phi) is 4.76. The van der Waals surface area contributed by atoms with Crippen molar-refractivity contribution in [2.45, 2.75) is 19.1 Å². The monoisotopic (exact) mass is 332 g/mol. The first-order valence-electron chi connectivity index (χ1n) is 7.60. The first-order chi connectivity index (χ1) is 11.2. The summed E-state index contributed by atoms with van der Waals surface area (Å²) in [6.45, 7) is 2.08. The summed E-state index contributed by atoms with van der Waals surface area (Å²) in [4.78, 5) is 2.33. The lowest BCUT2D eigenvalue weighted by Gasteiger charge is -2.25. The van der Waals surface area contributed by atoms with E-state index in [0.29, 0.717) is 6.54 Å². The topological polar surface area (TPSA) is 47.7 Å². The molecule has 23 heavy (non-hydrogen) atoms. The summed E-state index contributed by atoms with van der Waals surface area (Å²) < 4.78 is 10.9. The highest BCUT2D eigenvalue weighted by Gasteiger charge is 2.33. The fourth-order valence-electron chi connectivity index (χ4n) is 3.24. The van der Waals surface area contributed by atoms with Crippen molar-refractivity contribution < 1.29 is 9.47 Å². The van der Waals surface area contributed by atoms with E-state index in [4.69, 9.17) is 26.8 Å². The zero-order valence-corrected chi connectivity index (χ0v) is 14.1. The maximum absolute atomic E-state index is 6.31. The largest absolute Gasteiger partial charge is 0.497 e. The summed E-state index contributed by atoms with van der Waals surface area (Å²) >= 11 is 6.31. The summed E-state index contributed by atoms with van der Waals surface area (Å²) in [7, 11) is 3.34. The smallest absolute Gasteiger partial charge is 0.127 e. The van der Waals surface area contributed by atoms with Crippen LogP contribution in [0.1, 0.15) is 22.7 Å². The Morgan fingerprint density at radius 2 is 2.00 bits per heavy atom. The molecule has 1 aliphatic rings. The van der Waals surface area contributed by atoms with Gasteiger partial charge in [-0.2, -0.15) is 0 Å². The van der Waals surface area contributed by atoms with Crippen LogP contribution in [0.25, 0.3) is 0 Å². The summed E-state index contributed by atoms with van der Waals surface area (Å²) in [5, 5.41) is 0.781. The van der Waals surface area contributed by atoms with E-state index in [9.17, 15) is 0 Å². The Morgan fingerprint density at radius 1 is 1.22 bits per heavy atom. The quantitative estimate of drug-likeness (QED) is 0.912. The highest BCUT2D eigenvalue weighted by Crippen LogP contribution is 2.42. The molecule has 1 unspecified atom stereocenters. The second kappa shape index (κ2) is 6.79. The van der Waals surface area contributed by atoms with Crippen LogP contribution in [0.5, 0.6) is 11.5 Å². The van der Waals surface area contributed by atoms with E-state index >= 15 is 0 Å². The minimum Gasteiger partial charge on any atom is -0.497 e. The number of halogens is 1. The molecule has 5 heteroatoms. The van der Waals surface area contributed by atoms with Gasteiger partial charge in [-0.1, -0.05) is 29.8 Å². The number of ether oxygens (including phenoxy) is 2. The molecule has 2 aromatic carbocycles. The van der Waals surface area contributed by atoms with Crippen molar-refractivity contribution in [3.8, 4) is 11.5 Å². The molecule has 0 aliphatic carbocycles. The lowest BCUT2D eigenvalue weighted by atomic mass is 10.0. The Balaban J connectivity index is 1.95. The highest BCUT2D eigenvalue weighted by molar-refractivity contribution is 6.31. The molecule has 4 nitrogen and oxygen atoms in total. The number of hydrogen-bond donors (Lipinski definition) is 1. The van der Waals surface area contributed by atoms with E-state index in [1.807, 2.05) is 24.3 Å². The van der Waals surface area contributed by atoms with Gasteiger partial charge in [0.05, 0.1) is 20.3 Å². The predicted molar refractivity (Wildman–Crippen MR) is 92.0 cm³/mol. The van der Waals surface area contributed by atoms with Gasteiger partial charge in [-0.05, 0) is 23.3 Å². The third-order valence-electron chi connectivity index (χ3n) is 4.36. The minimum atomic E-state index is 0.113. The zero-order chi connectivity index (χ0) is 16.4. The number of rotatable bonds is 5. The van der Waals surface area contributed by atoms with Crippen molar-refractivity contribution in [3.05, 3.63) is 58.1 Å². The molecule has 0 fully saturated rings. The van der Waals surface area contributed by atoms with E-state index in [2.05, 4.69) is 17.0 Å². The van der Waals surface area contributed by atoms with Gasteiger partial charge in [0.2, 0.25) is 0 Å². The number of nitrogens with two attached hydrogens (primary N) is 1. The molecule has 2 aromatic rings. The average Bonchev–Trinajstić information content (AvgIpc) is 2.93. The molecule has 0 saturated heterocycles. The van der Waals surface area contributed by atoms with Gasteiger partial charge in [-0.25, -0.2) is 0 Å². The number of fused-ring (bicyclic) bond motifs is 1. The van der Waals surface area contributed by atoms with Gasteiger partial charge in [-0.15, -0.1) is 0 Å². The molecule has 0 amide bonds. The molecule has 0 radical (unpaired) electrons. The van der Waals surface area contributed by atoms with Crippen LogP contribution in [-0.2, 0) is 13.1 Å². The summed E-state index contributed by atoms with van der Waals surface area (Å²) in [6, 6.07) is 12.0. The third-order valence-corrected chi connectivity index (χ3v) is 4.73. The first-order valence-corrected chi connectivity index (χ1v) is 7.98. The van der Waals surface area contributed by atoms with Crippen LogP contribution in [0.4, 0.5) is 0 Å². The van der Waals surface area contributed by atoms with Crippen molar-refractivity contribution in [2.75, 3.05) is 20.8 Å². The molecule has 122 valence electrons. The molecule has 0 aromatic heterocycles. The summed E-state index contributed by atoms with van der Waals surface area (Å²) in [6.07, 6.45) is 0. The van der Waals surface area contributed by atoms with E-state index in [1.165, 1.54) is 5.56 Å². The molecule has 0 bridgehead atoms. The minimum absolute atomic E-state index is 0.113. The first kappa shape index (κ1) is 16.1. The SMILES string of the molecule is COc1cc2c(c(OC)c1)C(CN)N(Cc1ccccc1Cl)C2. The Morgan fingerprint density at radius 3 is 2.65 bits per heavy atom. The van der Waals surface area contributed by atoms with E-state index in [0.717, 1.165) is 40.7 Å². The fourth-order valence-corrected chi connectivity index (χ4v) is 3.44. The van der Waals surface area contributed by atoms with Crippen LogP contribution < -0.4 is 15.2 Å². The van der Waals surface area contributed by atoms with Crippen LogP contribution >= 0.6 is 11.6 Å². The van der Waals surface area contributed by atoms with Gasteiger partial charge in [0, 0.05) is 36.3 Å². The molecule has 0 saturated carbocycles. The molecule has 1 atom stereocenters. The molecule has 0 spiro atoms. The van der Waals surface area contributed by atoms with Crippen molar-refractivity contribution >= 4 is 11.6 Å². The Labute approximate surface area is 141 Å². The third kappa shape index (κ3) is 3.02. The molecule has 1 heterocycles. The van der Waals surface area contributed by atoms with Gasteiger partial charge >= 0.3 is 0 Å². The highest BCUT2D eigenvalue weighted by atomic mass is 35.5. The van der Waals surface area contributed by atoms with Crippen LogP contribution in [0, 0.1) is 0 Å². The Bertz CT molecular complexity index is 705. The Hall–Kier alpha value is -1.75. The lowest BCUT2D eigenvalue weighted by Crippen LogP contribution is -2.27. The molecular weight excluding hydrogens is 312 g/mol. The van der Waals surface area contributed by atoms with Crippen LogP contribution in [-0.4, -0.2) is 25.7 Å². The van der Waals surface area contributed by atoms with E-state index in [-0.39, 0.29) is 6.04 Å². The van der Waals surface area contributed by atoms with E-state index in [1.54, 1.807) is 14.2 Å². The van der Waals surface area contributed by atoms with Gasteiger partial charge < -0.3 is 15.2 Å². The summed E-state index contributed by atoms with van der Waals surface area (Å²) in [5.74, 6) is 1.63. The maximum Gasteiger partial charge on any atom is 0.127 e. The molecular formula is C18H21ClN2O2. The van der Waals surface area contributed by atoms with Crippen molar-refractivity contribution in [1.82, 2.24) is 4.90 Å². The summed E-state index contributed by atoms with van der Waals surface area (Å²) in [5.41, 5.74) is 9.52. The van der Waals surface area contributed by atoms with Crippen molar-refractivity contribution in [1.29, 1.82) is 0 Å². The van der Waals surface area contributed by atoms with Crippen LogP contribution in [0.15, 0.2) is 36.4 Å². The lowest BCUT2D eigenvalue weighted by molar-refractivity contribution is 0.208. The van der Waals surface area contributed by atoms with Crippen LogP contribution in [0.2, 0.25) is 5.02 Å². The van der Waals surface area contributed by atoms with Gasteiger partial charge in [0.15, 0.2) is 0 Å². The van der Waals surface area contributed by atoms with Crippen molar-refractivity contribution in [3.63, 3.8) is 0 Å². The van der Waals surface area contributed by atoms with Gasteiger partial charge in [-0.3, -0.25) is 4.90 Å². The fraction of sp³-hybridized carbons (Fsp3) is 0.333. The van der Waals surface area contributed by atoms with Gasteiger partial charge in [0.25, 0.3) is 0 Å². The zero-order valence-electron chi connectivity index (χ0n) is 13.4. The number of nitrogens with zero attached hydrogens (tertiary/aromatic N) is 1. The molecule has 3 rings (SSSR count). The number of benzene rings is 2. The maximum atomic E-state index is 6.31. The van der Waals surface area contributed by atoms with E-state index < -0.39 is 0 Å². The predicted octanol–water partition coefficient (Wildman–Crippen LogP) is 3.37. The molecule has 2 N–H and O–H groups in total. The standard InChI is InChI=1S/C18H21ClN2O2/c1-22-14-7-13-11-21(10-12-5-3-4-6-15(12)19)16(9-20)18(13)17(8-14)23-2/h3-8,16H,9-11,20H2,1-2H3. The number of methoxy groups -OCH3 is 2. The van der Waals surface area contributed by atoms with Gasteiger partial charge in [0.1, 0.15) is 11.5 Å². The second-order valence-electron chi connectivity index (χ2n) is 5.65. The van der Waals surface area contributed by atoms with Crippen molar-refractivity contribution in [2.24, 2.45) is 5.73 Å². The normalized spacial score (nSPS) is 17.1.